The van der Waals surface area contributed by atoms with Gasteiger partial charge in [-0.2, -0.15) is 0 Å². The number of amides is 3. The molecule has 2 aliphatic rings. The second-order valence-corrected chi connectivity index (χ2v) is 7.53. The van der Waals surface area contributed by atoms with Crippen molar-refractivity contribution in [3.05, 3.63) is 65.7 Å². The molecule has 0 bridgehead atoms. The monoisotopic (exact) mass is 435 g/mol. The summed E-state index contributed by atoms with van der Waals surface area (Å²) < 4.78 is 10.9. The first-order chi connectivity index (χ1) is 15.5. The first-order valence-electron chi connectivity index (χ1n) is 10.4. The molecule has 4 rings (SSSR count). The van der Waals surface area contributed by atoms with Gasteiger partial charge in [0.15, 0.2) is 11.5 Å². The predicted molar refractivity (Wildman–Crippen MR) is 119 cm³/mol. The Kier molecular flexibility index (Phi) is 5.85. The minimum atomic E-state index is -0.615. The maximum Gasteiger partial charge on any atom is 0.264 e. The third-order valence-corrected chi connectivity index (χ3v) is 5.73. The number of nitrogens with zero attached hydrogens (tertiary/aromatic N) is 2. The van der Waals surface area contributed by atoms with E-state index < -0.39 is 6.17 Å². The van der Waals surface area contributed by atoms with Gasteiger partial charge in [0.1, 0.15) is 6.17 Å². The summed E-state index contributed by atoms with van der Waals surface area (Å²) in [7, 11) is 3.00. The molecule has 0 saturated heterocycles. The Morgan fingerprint density at radius 3 is 2.62 bits per heavy atom. The molecule has 0 radical (unpaired) electrons. The molecule has 2 aliphatic heterocycles. The Hall–Kier alpha value is -3.81. The van der Waals surface area contributed by atoms with E-state index in [1.54, 1.807) is 52.3 Å². The Morgan fingerprint density at radius 2 is 1.91 bits per heavy atom. The normalized spacial score (nSPS) is 16.2. The molecule has 0 saturated carbocycles. The molecule has 3 amide bonds. The van der Waals surface area contributed by atoms with Gasteiger partial charge in [-0.25, -0.2) is 0 Å². The molecule has 1 N–H and O–H groups in total. The van der Waals surface area contributed by atoms with Crippen LogP contribution in [0.2, 0.25) is 0 Å². The van der Waals surface area contributed by atoms with Gasteiger partial charge in [0.05, 0.1) is 31.0 Å². The minimum absolute atomic E-state index is 0.110. The molecule has 0 aliphatic carbocycles. The fourth-order valence-electron chi connectivity index (χ4n) is 4.34. The summed E-state index contributed by atoms with van der Waals surface area (Å²) in [5.74, 6) is 0.252. The van der Waals surface area contributed by atoms with Crippen molar-refractivity contribution in [1.29, 1.82) is 0 Å². The number of hydrogen-bond acceptors (Lipinski definition) is 5. The van der Waals surface area contributed by atoms with Gasteiger partial charge in [-0.05, 0) is 24.6 Å². The van der Waals surface area contributed by atoms with Gasteiger partial charge >= 0.3 is 0 Å². The number of carbonyl (C=O) groups excluding carboxylic acids is 3. The number of carbonyl (C=O) groups is 3. The fourth-order valence-corrected chi connectivity index (χ4v) is 4.34. The van der Waals surface area contributed by atoms with E-state index >= 15 is 0 Å². The van der Waals surface area contributed by atoms with Crippen molar-refractivity contribution in [1.82, 2.24) is 10.2 Å². The topological polar surface area (TPSA) is 88.2 Å². The van der Waals surface area contributed by atoms with Crippen LogP contribution in [0.4, 0.5) is 5.69 Å². The summed E-state index contributed by atoms with van der Waals surface area (Å²) in [6, 6.07) is 10.6. The van der Waals surface area contributed by atoms with Crippen molar-refractivity contribution in [2.24, 2.45) is 0 Å². The molecular weight excluding hydrogens is 410 g/mol. The van der Waals surface area contributed by atoms with Gasteiger partial charge < -0.3 is 19.7 Å². The lowest BCUT2D eigenvalue weighted by Gasteiger charge is -2.41. The third kappa shape index (κ3) is 3.37. The highest BCUT2D eigenvalue weighted by atomic mass is 16.5. The Morgan fingerprint density at radius 1 is 1.12 bits per heavy atom. The largest absolute Gasteiger partial charge is 0.493 e. The number of ether oxygens (including phenoxy) is 2. The summed E-state index contributed by atoms with van der Waals surface area (Å²) in [4.78, 5) is 42.3. The molecule has 8 nitrogen and oxygen atoms in total. The van der Waals surface area contributed by atoms with Crippen LogP contribution < -0.4 is 19.7 Å². The molecule has 1 atom stereocenters. The van der Waals surface area contributed by atoms with E-state index in [1.165, 1.54) is 14.2 Å². The SMILES string of the molecule is C=CCNC(=O)CCCN1C(=O)c2ccccc2N2C(=O)c3c(ccc(OC)c3OC)C12. The number of methoxy groups -OCH3 is 2. The number of benzene rings is 2. The summed E-state index contributed by atoms with van der Waals surface area (Å²) in [5, 5.41) is 2.74. The van der Waals surface area contributed by atoms with Gasteiger partial charge in [0.2, 0.25) is 5.91 Å². The number of hydrogen-bond donors (Lipinski definition) is 1. The predicted octanol–water partition coefficient (Wildman–Crippen LogP) is 2.90. The Balaban J connectivity index is 1.73. The highest BCUT2D eigenvalue weighted by Gasteiger charge is 2.49. The lowest BCUT2D eigenvalue weighted by atomic mass is 10.0. The van der Waals surface area contributed by atoms with Crippen molar-refractivity contribution in [2.75, 3.05) is 32.2 Å². The second-order valence-electron chi connectivity index (χ2n) is 7.53. The molecule has 0 fully saturated rings. The van der Waals surface area contributed by atoms with Gasteiger partial charge in [0, 0.05) is 25.1 Å². The average Bonchev–Trinajstić information content (AvgIpc) is 3.11. The van der Waals surface area contributed by atoms with E-state index in [-0.39, 0.29) is 24.1 Å². The smallest absolute Gasteiger partial charge is 0.264 e. The minimum Gasteiger partial charge on any atom is -0.493 e. The van der Waals surface area contributed by atoms with Gasteiger partial charge in [-0.15, -0.1) is 6.58 Å². The molecule has 1 unspecified atom stereocenters. The molecule has 8 heteroatoms. The van der Waals surface area contributed by atoms with Gasteiger partial charge in [-0.3, -0.25) is 19.3 Å². The lowest BCUT2D eigenvalue weighted by molar-refractivity contribution is -0.121. The summed E-state index contributed by atoms with van der Waals surface area (Å²) >= 11 is 0. The van der Waals surface area contributed by atoms with Crippen molar-refractivity contribution in [3.63, 3.8) is 0 Å². The van der Waals surface area contributed by atoms with E-state index in [4.69, 9.17) is 9.47 Å². The average molecular weight is 435 g/mol. The van der Waals surface area contributed by atoms with Crippen molar-refractivity contribution in [3.8, 4) is 11.5 Å². The van der Waals surface area contributed by atoms with Crippen LogP contribution in [0.5, 0.6) is 11.5 Å². The van der Waals surface area contributed by atoms with Crippen LogP contribution in [0, 0.1) is 0 Å². The highest BCUT2D eigenvalue weighted by molar-refractivity contribution is 6.18. The van der Waals surface area contributed by atoms with Crippen molar-refractivity contribution in [2.45, 2.75) is 19.0 Å². The van der Waals surface area contributed by atoms with E-state index in [9.17, 15) is 14.4 Å². The van der Waals surface area contributed by atoms with E-state index in [1.807, 2.05) is 0 Å². The summed E-state index contributed by atoms with van der Waals surface area (Å²) in [6.45, 7) is 4.30. The zero-order valence-corrected chi connectivity index (χ0v) is 18.1. The summed E-state index contributed by atoms with van der Waals surface area (Å²) in [5.41, 5.74) is 2.07. The molecular formula is C24H25N3O5. The highest BCUT2D eigenvalue weighted by Crippen LogP contribution is 2.49. The van der Waals surface area contributed by atoms with E-state index in [2.05, 4.69) is 11.9 Å². The van der Waals surface area contributed by atoms with Crippen molar-refractivity contribution >= 4 is 23.4 Å². The van der Waals surface area contributed by atoms with Crippen LogP contribution in [0.15, 0.2) is 49.1 Å². The van der Waals surface area contributed by atoms with Crippen LogP contribution in [-0.2, 0) is 4.79 Å². The fraction of sp³-hybridized carbons (Fsp3) is 0.292. The van der Waals surface area contributed by atoms with Crippen LogP contribution in [-0.4, -0.2) is 49.9 Å². The number of anilines is 1. The zero-order chi connectivity index (χ0) is 22.8. The third-order valence-electron chi connectivity index (χ3n) is 5.73. The Labute approximate surface area is 186 Å². The number of fused-ring (bicyclic) bond motifs is 5. The van der Waals surface area contributed by atoms with Gasteiger partial charge in [-0.1, -0.05) is 24.3 Å². The summed E-state index contributed by atoms with van der Waals surface area (Å²) in [6.07, 6.45) is 1.72. The maximum absolute atomic E-state index is 13.6. The zero-order valence-electron chi connectivity index (χ0n) is 18.1. The number of para-hydroxylation sites is 1. The molecule has 2 aromatic carbocycles. The quantitative estimate of drug-likeness (QED) is 0.644. The molecule has 166 valence electrons. The van der Waals surface area contributed by atoms with Crippen LogP contribution >= 0.6 is 0 Å². The molecule has 2 aromatic rings. The van der Waals surface area contributed by atoms with E-state index in [0.717, 1.165) is 0 Å². The molecule has 32 heavy (non-hydrogen) atoms. The number of nitrogens with one attached hydrogen (secondary N) is 1. The maximum atomic E-state index is 13.6. The van der Waals surface area contributed by atoms with Crippen molar-refractivity contribution < 1.29 is 23.9 Å². The first kappa shape index (κ1) is 21.4. The molecule has 0 spiro atoms. The number of rotatable bonds is 8. The first-order valence-corrected chi connectivity index (χ1v) is 10.4. The lowest BCUT2D eigenvalue weighted by Crippen LogP contribution is -2.48. The second kappa shape index (κ2) is 8.74. The van der Waals surface area contributed by atoms with Gasteiger partial charge in [0.25, 0.3) is 11.8 Å². The Bertz CT molecular complexity index is 1100. The van der Waals surface area contributed by atoms with Crippen LogP contribution in [0.3, 0.4) is 0 Å². The molecule has 2 heterocycles. The van der Waals surface area contributed by atoms with E-state index in [0.29, 0.717) is 53.4 Å². The van der Waals surface area contributed by atoms with Crippen LogP contribution in [0.1, 0.15) is 45.3 Å². The standard InChI is InChI=1S/C24H25N3O5/c1-4-13-25-19(28)10-7-14-26-22-16-11-12-18(31-2)21(32-3)20(16)24(30)27(22)17-9-6-5-8-15(17)23(26)29/h4-6,8-9,11-12,22H,1,7,10,13-14H2,2-3H3,(H,25,28). The van der Waals surface area contributed by atoms with Crippen LogP contribution in [0.25, 0.3) is 0 Å². The molecule has 0 aromatic heterocycles.